The van der Waals surface area contributed by atoms with Gasteiger partial charge in [-0.2, -0.15) is 0 Å². The van der Waals surface area contributed by atoms with Crippen LogP contribution in [0.15, 0.2) is 18.3 Å². The largest absolute Gasteiger partial charge is 0.387 e. The molecule has 90 valence electrons. The van der Waals surface area contributed by atoms with Crippen LogP contribution in [0.2, 0.25) is 0 Å². The van der Waals surface area contributed by atoms with Gasteiger partial charge in [-0.1, -0.05) is 6.42 Å². The molecule has 2 aromatic heterocycles. The summed E-state index contributed by atoms with van der Waals surface area (Å²) in [5.74, 6) is 1.59. The number of fused-ring (bicyclic) bond motifs is 1. The van der Waals surface area contributed by atoms with E-state index in [1.165, 1.54) is 19.3 Å². The van der Waals surface area contributed by atoms with Crippen LogP contribution in [0, 0.1) is 0 Å². The molecule has 3 N–H and O–H groups in total. The molecule has 1 fully saturated rings. The van der Waals surface area contributed by atoms with Crippen LogP contribution < -0.4 is 5.73 Å². The van der Waals surface area contributed by atoms with Crippen molar-refractivity contribution in [3.63, 3.8) is 0 Å². The average Bonchev–Trinajstić information content (AvgIpc) is 2.69. The lowest BCUT2D eigenvalue weighted by Crippen LogP contribution is -2.13. The fourth-order valence-corrected chi connectivity index (χ4v) is 2.21. The Morgan fingerprint density at radius 1 is 1.47 bits per heavy atom. The van der Waals surface area contributed by atoms with E-state index in [0.717, 1.165) is 17.0 Å². The highest BCUT2D eigenvalue weighted by Crippen LogP contribution is 2.35. The molecular weight excluding hydrogens is 216 g/mol. The Morgan fingerprint density at radius 3 is 2.94 bits per heavy atom. The second kappa shape index (κ2) is 4.09. The zero-order chi connectivity index (χ0) is 11.8. The van der Waals surface area contributed by atoms with Crippen LogP contribution in [0.5, 0.6) is 0 Å². The second-order valence-corrected chi connectivity index (χ2v) is 4.63. The zero-order valence-corrected chi connectivity index (χ0v) is 9.58. The SMILES string of the molecule is NCC(O)c1ccn2c(C3CCC3)nnc2c1. The Bertz CT molecular complexity index is 532. The van der Waals surface area contributed by atoms with Gasteiger partial charge in [0.1, 0.15) is 5.82 Å². The van der Waals surface area contributed by atoms with Crippen LogP contribution in [0.4, 0.5) is 0 Å². The minimum absolute atomic E-state index is 0.222. The van der Waals surface area contributed by atoms with Crippen molar-refractivity contribution in [3.8, 4) is 0 Å². The first-order valence-electron chi connectivity index (χ1n) is 6.02. The molecule has 0 saturated heterocycles. The normalized spacial score (nSPS) is 18.2. The summed E-state index contributed by atoms with van der Waals surface area (Å²) in [6.07, 6.45) is 4.99. The van der Waals surface area contributed by atoms with Gasteiger partial charge in [0.15, 0.2) is 5.65 Å². The summed E-state index contributed by atoms with van der Waals surface area (Å²) < 4.78 is 2.01. The molecule has 2 aromatic rings. The van der Waals surface area contributed by atoms with Crippen molar-refractivity contribution in [3.05, 3.63) is 29.7 Å². The molecular formula is C12H16N4O. The Hall–Kier alpha value is -1.46. The van der Waals surface area contributed by atoms with Gasteiger partial charge in [-0.3, -0.25) is 4.40 Å². The standard InChI is InChI=1S/C12H16N4O/c13-7-10(17)9-4-5-16-11(6-9)14-15-12(16)8-2-1-3-8/h4-6,8,10,17H,1-3,7,13H2. The van der Waals surface area contributed by atoms with Crippen LogP contribution in [0.25, 0.3) is 5.65 Å². The molecule has 1 atom stereocenters. The number of rotatable bonds is 3. The maximum atomic E-state index is 9.68. The van der Waals surface area contributed by atoms with Gasteiger partial charge < -0.3 is 10.8 Å². The van der Waals surface area contributed by atoms with E-state index in [1.807, 2.05) is 22.7 Å². The monoisotopic (exact) mass is 232 g/mol. The number of hydrogen-bond donors (Lipinski definition) is 2. The lowest BCUT2D eigenvalue weighted by atomic mass is 9.85. The number of nitrogens with zero attached hydrogens (tertiary/aromatic N) is 3. The Balaban J connectivity index is 2.01. The number of nitrogens with two attached hydrogens (primary N) is 1. The van der Waals surface area contributed by atoms with E-state index in [4.69, 9.17) is 5.73 Å². The Kier molecular flexibility index (Phi) is 2.57. The van der Waals surface area contributed by atoms with Crippen LogP contribution in [0.1, 0.15) is 42.7 Å². The predicted molar refractivity (Wildman–Crippen MR) is 63.6 cm³/mol. The van der Waals surface area contributed by atoms with Crippen molar-refractivity contribution in [2.45, 2.75) is 31.3 Å². The third-order valence-electron chi connectivity index (χ3n) is 3.54. The molecule has 1 aliphatic carbocycles. The summed E-state index contributed by atoms with van der Waals surface area (Å²) in [5.41, 5.74) is 7.03. The first-order valence-corrected chi connectivity index (χ1v) is 6.02. The van der Waals surface area contributed by atoms with Gasteiger partial charge >= 0.3 is 0 Å². The molecule has 0 spiro atoms. The molecule has 1 unspecified atom stereocenters. The van der Waals surface area contributed by atoms with E-state index in [-0.39, 0.29) is 6.54 Å². The predicted octanol–water partition coefficient (Wildman–Crippen LogP) is 0.989. The number of hydrogen-bond acceptors (Lipinski definition) is 4. The number of pyridine rings is 1. The highest BCUT2D eigenvalue weighted by atomic mass is 16.3. The quantitative estimate of drug-likeness (QED) is 0.827. The smallest absolute Gasteiger partial charge is 0.161 e. The van der Waals surface area contributed by atoms with E-state index in [9.17, 15) is 5.11 Å². The van der Waals surface area contributed by atoms with E-state index < -0.39 is 6.10 Å². The molecule has 1 saturated carbocycles. The van der Waals surface area contributed by atoms with Crippen molar-refractivity contribution >= 4 is 5.65 Å². The van der Waals surface area contributed by atoms with E-state index in [2.05, 4.69) is 10.2 Å². The summed E-state index contributed by atoms with van der Waals surface area (Å²) in [5, 5.41) is 18.1. The summed E-state index contributed by atoms with van der Waals surface area (Å²) >= 11 is 0. The molecule has 0 bridgehead atoms. The summed E-state index contributed by atoms with van der Waals surface area (Å²) in [6, 6.07) is 3.74. The summed E-state index contributed by atoms with van der Waals surface area (Å²) in [4.78, 5) is 0. The van der Waals surface area contributed by atoms with Gasteiger partial charge in [-0.05, 0) is 30.5 Å². The highest BCUT2D eigenvalue weighted by Gasteiger charge is 2.24. The molecule has 1 aliphatic rings. The van der Waals surface area contributed by atoms with E-state index >= 15 is 0 Å². The topological polar surface area (TPSA) is 76.4 Å². The van der Waals surface area contributed by atoms with E-state index in [0.29, 0.717) is 5.92 Å². The summed E-state index contributed by atoms with van der Waals surface area (Å²) in [6.45, 7) is 0.222. The van der Waals surface area contributed by atoms with Gasteiger partial charge in [0, 0.05) is 18.7 Å². The number of aliphatic hydroxyl groups is 1. The van der Waals surface area contributed by atoms with Gasteiger partial charge in [-0.25, -0.2) is 0 Å². The summed E-state index contributed by atoms with van der Waals surface area (Å²) in [7, 11) is 0. The van der Waals surface area contributed by atoms with Crippen LogP contribution in [0.3, 0.4) is 0 Å². The van der Waals surface area contributed by atoms with Crippen LogP contribution in [-0.4, -0.2) is 26.2 Å². The minimum atomic E-state index is -0.621. The molecule has 0 aliphatic heterocycles. The molecule has 0 aromatic carbocycles. The maximum absolute atomic E-state index is 9.68. The van der Waals surface area contributed by atoms with Gasteiger partial charge in [-0.15, -0.1) is 10.2 Å². The van der Waals surface area contributed by atoms with Crippen LogP contribution >= 0.6 is 0 Å². The van der Waals surface area contributed by atoms with Crippen LogP contribution in [-0.2, 0) is 0 Å². The number of aliphatic hydroxyl groups excluding tert-OH is 1. The lowest BCUT2D eigenvalue weighted by molar-refractivity contribution is 0.186. The molecule has 5 heteroatoms. The average molecular weight is 232 g/mol. The van der Waals surface area contributed by atoms with Gasteiger partial charge in [0.25, 0.3) is 0 Å². The molecule has 17 heavy (non-hydrogen) atoms. The molecule has 5 nitrogen and oxygen atoms in total. The highest BCUT2D eigenvalue weighted by molar-refractivity contribution is 5.42. The third kappa shape index (κ3) is 1.71. The third-order valence-corrected chi connectivity index (χ3v) is 3.54. The van der Waals surface area contributed by atoms with Gasteiger partial charge in [0.2, 0.25) is 0 Å². The van der Waals surface area contributed by atoms with Crippen molar-refractivity contribution in [2.24, 2.45) is 5.73 Å². The van der Waals surface area contributed by atoms with E-state index in [1.54, 1.807) is 0 Å². The minimum Gasteiger partial charge on any atom is -0.387 e. The fourth-order valence-electron chi connectivity index (χ4n) is 2.21. The lowest BCUT2D eigenvalue weighted by Gasteiger charge is -2.23. The maximum Gasteiger partial charge on any atom is 0.161 e. The van der Waals surface area contributed by atoms with Crippen molar-refractivity contribution in [1.82, 2.24) is 14.6 Å². The Labute approximate surface area is 99.3 Å². The zero-order valence-electron chi connectivity index (χ0n) is 9.58. The first-order chi connectivity index (χ1) is 8.29. The molecule has 3 rings (SSSR count). The van der Waals surface area contributed by atoms with Gasteiger partial charge in [0.05, 0.1) is 6.10 Å². The fraction of sp³-hybridized carbons (Fsp3) is 0.500. The molecule has 0 radical (unpaired) electrons. The molecule has 2 heterocycles. The van der Waals surface area contributed by atoms with Crippen molar-refractivity contribution in [1.29, 1.82) is 0 Å². The van der Waals surface area contributed by atoms with Crippen molar-refractivity contribution < 1.29 is 5.11 Å². The number of aromatic nitrogens is 3. The Morgan fingerprint density at radius 2 is 2.29 bits per heavy atom. The first kappa shape index (κ1) is 10.7. The molecule has 0 amide bonds. The van der Waals surface area contributed by atoms with Crippen molar-refractivity contribution in [2.75, 3.05) is 6.54 Å². The second-order valence-electron chi connectivity index (χ2n) is 4.63.